The molecule has 244 valence electrons. The third kappa shape index (κ3) is 11.3. The summed E-state index contributed by atoms with van der Waals surface area (Å²) >= 11 is 0. The maximum absolute atomic E-state index is 12.7. The number of likely N-dealkylation sites (tertiary alicyclic amines) is 1. The summed E-state index contributed by atoms with van der Waals surface area (Å²) in [5, 5.41) is 18.6. The van der Waals surface area contributed by atoms with Crippen LogP contribution in [0.25, 0.3) is 0 Å². The second-order valence-corrected chi connectivity index (χ2v) is 12.2. The summed E-state index contributed by atoms with van der Waals surface area (Å²) in [7, 11) is 1.33. The van der Waals surface area contributed by atoms with E-state index in [2.05, 4.69) is 16.0 Å². The Morgan fingerprint density at radius 2 is 1.59 bits per heavy atom. The van der Waals surface area contributed by atoms with Gasteiger partial charge in [0, 0.05) is 75.8 Å². The van der Waals surface area contributed by atoms with Gasteiger partial charge in [-0.25, -0.2) is 0 Å². The molecular weight excluding hydrogens is 794 g/mol. The molecule has 44 heavy (non-hydrogen) atoms. The molecule has 0 aromatic carbocycles. The Balaban J connectivity index is 0.000000300. The minimum atomic E-state index is -0.972. The van der Waals surface area contributed by atoms with Gasteiger partial charge < -0.3 is 31.8 Å². The standard InChI is InChI=1S/C16H25N3O3.C14H23N3O4.U/c1-11(20)10-13(17)15(21)18-14(12-6-2-3-7-12)16(22)19-8-4-5-9-19;1-17(21)11(8-9-6-7-15-13(9)19)12(18)14(20)16-10-4-2-3-5-10;/h10,12,14H,2-9,17H2,1H3,(H,18,21);9-11,21H,2-8H2,1H3,(H,15,19)(H,16,20);/b13-10-;;. The monoisotopic (exact) mass is 842 g/mol. The van der Waals surface area contributed by atoms with Crippen LogP contribution in [0.5, 0.6) is 0 Å². The van der Waals surface area contributed by atoms with E-state index >= 15 is 0 Å². The van der Waals surface area contributed by atoms with Gasteiger partial charge in [0.25, 0.3) is 11.8 Å². The van der Waals surface area contributed by atoms with Crippen molar-refractivity contribution in [1.29, 1.82) is 0 Å². The van der Waals surface area contributed by atoms with Crippen molar-refractivity contribution in [2.24, 2.45) is 17.6 Å². The van der Waals surface area contributed by atoms with E-state index < -0.39 is 29.7 Å². The van der Waals surface area contributed by atoms with E-state index in [-0.39, 0.29) is 78.7 Å². The fraction of sp³-hybridized carbons (Fsp3) is 0.733. The van der Waals surface area contributed by atoms with Crippen LogP contribution >= 0.6 is 0 Å². The van der Waals surface area contributed by atoms with Crippen LogP contribution in [-0.2, 0) is 28.8 Å². The number of amides is 4. The van der Waals surface area contributed by atoms with Gasteiger partial charge in [-0.2, -0.15) is 5.06 Å². The molecule has 4 rings (SSSR count). The Morgan fingerprint density at radius 1 is 1.00 bits per heavy atom. The Kier molecular flexibility index (Phi) is 16.1. The van der Waals surface area contributed by atoms with E-state index in [1.165, 1.54) is 14.0 Å². The van der Waals surface area contributed by atoms with Crippen molar-refractivity contribution in [1.82, 2.24) is 25.9 Å². The first-order valence-electron chi connectivity index (χ1n) is 15.6. The SMILES string of the molecule is CC(=O)/C=C(\N)C(=O)NC(C(=O)N1CCCC1)C1CCCC1.CN(O)C(CC1CCNC1=O)C(=O)C(=O)NC1CCCC1.[U]. The molecule has 2 heterocycles. The van der Waals surface area contributed by atoms with Gasteiger partial charge in [-0.1, -0.05) is 25.7 Å². The molecule has 14 heteroatoms. The van der Waals surface area contributed by atoms with Crippen molar-refractivity contribution in [2.45, 2.75) is 102 Å². The van der Waals surface area contributed by atoms with E-state index in [0.29, 0.717) is 13.0 Å². The first kappa shape index (κ1) is 37.9. The largest absolute Gasteiger partial charge is 0.394 e. The molecule has 2 aliphatic heterocycles. The topological polar surface area (TPSA) is 191 Å². The fourth-order valence-electron chi connectivity index (χ4n) is 6.36. The maximum atomic E-state index is 12.7. The summed E-state index contributed by atoms with van der Waals surface area (Å²) in [6, 6.07) is -1.44. The predicted octanol–water partition coefficient (Wildman–Crippen LogP) is 0.546. The summed E-state index contributed by atoms with van der Waals surface area (Å²) in [5.74, 6) is -2.43. The van der Waals surface area contributed by atoms with Crippen LogP contribution < -0.4 is 21.7 Å². The third-order valence-electron chi connectivity index (χ3n) is 8.80. The maximum Gasteiger partial charge on any atom is 0.289 e. The molecule has 4 aliphatic rings. The Labute approximate surface area is 283 Å². The number of allylic oxidation sites excluding steroid dienone is 1. The van der Waals surface area contributed by atoms with E-state index in [0.717, 1.165) is 88.4 Å². The fourth-order valence-corrected chi connectivity index (χ4v) is 6.36. The van der Waals surface area contributed by atoms with Crippen molar-refractivity contribution in [2.75, 3.05) is 26.7 Å². The molecule has 0 aromatic heterocycles. The number of likely N-dealkylation sites (N-methyl/N-ethyl adjacent to an activating group) is 1. The van der Waals surface area contributed by atoms with E-state index in [4.69, 9.17) is 5.73 Å². The summed E-state index contributed by atoms with van der Waals surface area (Å²) < 4.78 is 0. The second-order valence-electron chi connectivity index (χ2n) is 12.2. The van der Waals surface area contributed by atoms with Crippen molar-refractivity contribution < 1.29 is 65.1 Å². The Hall–Kier alpha value is -2.27. The second kappa shape index (κ2) is 18.6. The first-order valence-corrected chi connectivity index (χ1v) is 15.6. The molecule has 3 unspecified atom stereocenters. The van der Waals surface area contributed by atoms with E-state index in [1.54, 1.807) is 0 Å². The van der Waals surface area contributed by atoms with Crippen molar-refractivity contribution in [3.8, 4) is 0 Å². The van der Waals surface area contributed by atoms with Crippen LogP contribution in [0.3, 0.4) is 0 Å². The molecule has 3 atom stereocenters. The summed E-state index contributed by atoms with van der Waals surface area (Å²) in [4.78, 5) is 73.5. The smallest absolute Gasteiger partial charge is 0.289 e. The van der Waals surface area contributed by atoms with Gasteiger partial charge in [-0.05, 0) is 64.2 Å². The molecule has 2 saturated carbocycles. The molecule has 0 spiro atoms. The number of hydroxylamine groups is 2. The molecule has 6 N–H and O–H groups in total. The molecule has 4 amide bonds. The van der Waals surface area contributed by atoms with Gasteiger partial charge >= 0.3 is 0 Å². The van der Waals surface area contributed by atoms with Crippen LogP contribution in [0.15, 0.2) is 11.8 Å². The Morgan fingerprint density at radius 3 is 2.11 bits per heavy atom. The van der Waals surface area contributed by atoms with Crippen LogP contribution in [0.1, 0.15) is 84.0 Å². The predicted molar refractivity (Wildman–Crippen MR) is 157 cm³/mol. The summed E-state index contributed by atoms with van der Waals surface area (Å²) in [6.07, 6.45) is 11.9. The van der Waals surface area contributed by atoms with Crippen LogP contribution in [0, 0.1) is 42.9 Å². The van der Waals surface area contributed by atoms with Gasteiger partial charge in [0.15, 0.2) is 5.78 Å². The number of hydrogen-bond donors (Lipinski definition) is 5. The van der Waals surface area contributed by atoms with Crippen molar-refractivity contribution in [3.63, 3.8) is 0 Å². The zero-order valence-corrected chi connectivity index (χ0v) is 30.1. The number of hydrogen-bond acceptors (Lipinski definition) is 9. The number of Topliss-reactive ketones (excluding diaryl/α,β-unsaturated/α-hetero) is 1. The number of ketones is 2. The van der Waals surface area contributed by atoms with E-state index in [9.17, 15) is 34.0 Å². The average molecular weight is 843 g/mol. The summed E-state index contributed by atoms with van der Waals surface area (Å²) in [5.41, 5.74) is 5.49. The summed E-state index contributed by atoms with van der Waals surface area (Å²) in [6.45, 7) is 3.44. The quantitative estimate of drug-likeness (QED) is 0.112. The van der Waals surface area contributed by atoms with Crippen LogP contribution in [0.4, 0.5) is 0 Å². The number of nitrogens with zero attached hydrogens (tertiary/aromatic N) is 2. The molecule has 2 aliphatic carbocycles. The van der Waals surface area contributed by atoms with Gasteiger partial charge in [0.1, 0.15) is 17.8 Å². The third-order valence-corrected chi connectivity index (χ3v) is 8.80. The molecule has 0 bridgehead atoms. The van der Waals surface area contributed by atoms with Gasteiger partial charge in [0.2, 0.25) is 17.6 Å². The van der Waals surface area contributed by atoms with Gasteiger partial charge in [0.05, 0.1) is 0 Å². The number of nitrogens with two attached hydrogens (primary N) is 1. The average Bonchev–Trinajstić information content (AvgIpc) is 3.79. The molecule has 0 radical (unpaired) electrons. The molecule has 0 aromatic rings. The Bertz CT molecular complexity index is 1070. The number of rotatable bonds is 11. The minimum absolute atomic E-state index is 0. The minimum Gasteiger partial charge on any atom is -0.394 e. The number of nitrogens with one attached hydrogen (secondary N) is 3. The van der Waals surface area contributed by atoms with Crippen LogP contribution in [0.2, 0.25) is 0 Å². The molecule has 13 nitrogen and oxygen atoms in total. The number of carbonyl (C=O) groups is 6. The molecular formula is C30H48N6O7U. The zero-order chi connectivity index (χ0) is 31.5. The normalized spacial score (nSPS) is 22.0. The van der Waals surface area contributed by atoms with Gasteiger partial charge in [-0.3, -0.25) is 28.8 Å². The van der Waals surface area contributed by atoms with Gasteiger partial charge in [-0.15, -0.1) is 0 Å². The van der Waals surface area contributed by atoms with Crippen molar-refractivity contribution >= 4 is 35.2 Å². The zero-order valence-electron chi connectivity index (χ0n) is 25.9. The van der Waals surface area contributed by atoms with Crippen molar-refractivity contribution in [3.05, 3.63) is 11.8 Å². The van der Waals surface area contributed by atoms with E-state index in [1.807, 2.05) is 4.90 Å². The molecule has 2 saturated heterocycles. The van der Waals surface area contributed by atoms with Crippen LogP contribution in [-0.4, -0.2) is 95.2 Å². The first-order chi connectivity index (χ1) is 20.5. The number of carbonyl (C=O) groups excluding carboxylic acids is 6. The molecule has 4 fully saturated rings.